The quantitative estimate of drug-likeness (QED) is 0.474. The van der Waals surface area contributed by atoms with Crippen molar-refractivity contribution in [3.05, 3.63) is 70.5 Å². The highest BCUT2D eigenvalue weighted by atomic mass is 32.1. The zero-order valence-electron chi connectivity index (χ0n) is 16.2. The van der Waals surface area contributed by atoms with Crippen molar-refractivity contribution in [3.63, 3.8) is 0 Å². The van der Waals surface area contributed by atoms with Crippen LogP contribution in [0.25, 0.3) is 0 Å². The van der Waals surface area contributed by atoms with Crippen molar-refractivity contribution in [1.82, 2.24) is 4.98 Å². The predicted molar refractivity (Wildman–Crippen MR) is 113 cm³/mol. The molecule has 0 spiro atoms. The fraction of sp³-hybridized carbons (Fsp3) is 0.200. The fourth-order valence-corrected chi connectivity index (χ4v) is 3.84. The molecule has 158 valence electrons. The van der Waals surface area contributed by atoms with Crippen molar-refractivity contribution >= 4 is 35.3 Å². The number of amides is 1. The van der Waals surface area contributed by atoms with Gasteiger partial charge in [0.05, 0.1) is 17.6 Å². The Hall–Kier alpha value is -2.58. The van der Waals surface area contributed by atoms with E-state index >= 15 is 0 Å². The van der Waals surface area contributed by atoms with E-state index in [0.29, 0.717) is 17.7 Å². The molecule has 0 fully saturated rings. The molecular weight excluding hydrogens is 430 g/mol. The maximum Gasteiger partial charge on any atom is 0.356 e. The first-order valence-corrected chi connectivity index (χ1v) is 11.4. The second-order valence-electron chi connectivity index (χ2n) is 6.84. The summed E-state index contributed by atoms with van der Waals surface area (Å²) < 4.78 is 30.2. The van der Waals surface area contributed by atoms with Crippen LogP contribution in [0.1, 0.15) is 35.3 Å². The number of nitrogens with one attached hydrogen (secondary N) is 1. The van der Waals surface area contributed by atoms with Gasteiger partial charge in [0.1, 0.15) is 5.75 Å². The van der Waals surface area contributed by atoms with Gasteiger partial charge in [-0.15, -0.1) is 0 Å². The summed E-state index contributed by atoms with van der Waals surface area (Å²) in [6.07, 6.45) is 1.35. The lowest BCUT2D eigenvalue weighted by Crippen LogP contribution is -2.13. The largest absolute Gasteiger partial charge is 0.491 e. The monoisotopic (exact) mass is 450 g/mol. The van der Waals surface area contributed by atoms with Crippen LogP contribution >= 0.6 is 18.9 Å². The summed E-state index contributed by atoms with van der Waals surface area (Å²) in [4.78, 5) is 34.9. The van der Waals surface area contributed by atoms with E-state index in [-0.39, 0.29) is 16.5 Å². The molecule has 7 nitrogen and oxygen atoms in total. The molecule has 0 aliphatic heterocycles. The summed E-state index contributed by atoms with van der Waals surface area (Å²) in [5.41, 5.74) is 1.90. The van der Waals surface area contributed by atoms with Gasteiger partial charge in [0.15, 0.2) is 10.3 Å². The third-order valence-corrected chi connectivity index (χ3v) is 5.65. The van der Waals surface area contributed by atoms with Crippen molar-refractivity contribution in [2.24, 2.45) is 0 Å². The van der Waals surface area contributed by atoms with Gasteiger partial charge < -0.3 is 14.5 Å². The van der Waals surface area contributed by atoms with E-state index in [1.165, 1.54) is 12.1 Å². The number of rotatable bonds is 7. The van der Waals surface area contributed by atoms with Crippen molar-refractivity contribution < 1.29 is 28.3 Å². The van der Waals surface area contributed by atoms with Gasteiger partial charge in [-0.2, -0.15) is 4.39 Å². The minimum absolute atomic E-state index is 0.0566. The van der Waals surface area contributed by atoms with Gasteiger partial charge in [-0.3, -0.25) is 14.7 Å². The van der Waals surface area contributed by atoms with E-state index in [1.807, 2.05) is 13.8 Å². The number of benzene rings is 2. The van der Waals surface area contributed by atoms with Crippen molar-refractivity contribution in [3.8, 4) is 5.75 Å². The first-order chi connectivity index (χ1) is 14.1. The Bertz CT molecular complexity index is 1090. The third kappa shape index (κ3) is 5.96. The Morgan fingerprint density at radius 1 is 1.20 bits per heavy atom. The van der Waals surface area contributed by atoms with Crippen LogP contribution in [0.4, 0.5) is 9.52 Å². The van der Waals surface area contributed by atoms with Crippen LogP contribution in [-0.4, -0.2) is 26.8 Å². The molecule has 3 rings (SSSR count). The van der Waals surface area contributed by atoms with Crippen LogP contribution in [0.2, 0.25) is 0 Å². The number of anilines is 1. The molecule has 1 amide bonds. The second kappa shape index (κ2) is 9.06. The smallest absolute Gasteiger partial charge is 0.356 e. The molecule has 0 bridgehead atoms. The third-order valence-electron chi connectivity index (χ3n) is 3.98. The minimum Gasteiger partial charge on any atom is -0.491 e. The van der Waals surface area contributed by atoms with E-state index in [1.54, 1.807) is 30.3 Å². The van der Waals surface area contributed by atoms with Gasteiger partial charge in [-0.25, -0.2) is 4.98 Å². The van der Waals surface area contributed by atoms with Crippen LogP contribution in [0.5, 0.6) is 5.75 Å². The molecule has 3 N–H and O–H groups in total. The van der Waals surface area contributed by atoms with Crippen LogP contribution in [0.3, 0.4) is 0 Å². The Morgan fingerprint density at radius 2 is 1.90 bits per heavy atom. The number of hydrogen-bond acceptors (Lipinski definition) is 5. The van der Waals surface area contributed by atoms with Gasteiger partial charge in [0.2, 0.25) is 0 Å². The number of thiazole rings is 1. The first-order valence-electron chi connectivity index (χ1n) is 8.98. The molecule has 10 heteroatoms. The minimum atomic E-state index is -4.30. The van der Waals surface area contributed by atoms with Crippen molar-refractivity contribution in [2.75, 3.05) is 5.32 Å². The summed E-state index contributed by atoms with van der Waals surface area (Å²) in [6, 6.07) is 11.1. The topological polar surface area (TPSA) is 109 Å². The summed E-state index contributed by atoms with van der Waals surface area (Å²) in [5.74, 6) is 0.0569. The van der Waals surface area contributed by atoms with Crippen LogP contribution in [0.15, 0.2) is 48.7 Å². The lowest BCUT2D eigenvalue weighted by molar-refractivity contribution is 0.102. The Labute approximate surface area is 176 Å². The highest BCUT2D eigenvalue weighted by molar-refractivity contribution is 7.60. The maximum absolute atomic E-state index is 13.1. The number of hydrogen-bond donors (Lipinski definition) is 3. The van der Waals surface area contributed by atoms with Gasteiger partial charge in [0.25, 0.3) is 5.91 Å². The van der Waals surface area contributed by atoms with E-state index in [4.69, 9.17) is 4.74 Å². The molecule has 0 atom stereocenters. The first kappa shape index (κ1) is 22.1. The van der Waals surface area contributed by atoms with E-state index in [0.717, 1.165) is 28.7 Å². The molecule has 1 heterocycles. The molecule has 0 unspecified atom stereocenters. The number of aromatic nitrogens is 1. The highest BCUT2D eigenvalue weighted by Crippen LogP contribution is 2.33. The van der Waals surface area contributed by atoms with Crippen LogP contribution in [0, 0.1) is 5.13 Å². The summed E-state index contributed by atoms with van der Waals surface area (Å²) >= 11 is 0.731. The van der Waals surface area contributed by atoms with Crippen LogP contribution < -0.4 is 15.4 Å². The summed E-state index contributed by atoms with van der Waals surface area (Å²) in [6.45, 7) is 3.73. The average molecular weight is 450 g/mol. The number of carbonyl (C=O) groups is 1. The van der Waals surface area contributed by atoms with E-state index in [9.17, 15) is 23.5 Å². The summed E-state index contributed by atoms with van der Waals surface area (Å²) in [5, 5.41) is 2.16. The Balaban J connectivity index is 1.86. The normalized spacial score (nSPS) is 11.5. The lowest BCUT2D eigenvalue weighted by atomic mass is 10.0. The molecule has 2 aromatic carbocycles. The number of halogens is 1. The SMILES string of the molecule is CC(C)Oc1cc(Cc2ccc(P(=O)(O)O)cc2)cc(C(=O)Nc2ncc(F)s2)c1. The number of ether oxygens (including phenoxy) is 1. The molecule has 30 heavy (non-hydrogen) atoms. The molecular formula is C20H20FN2O5PS. The van der Waals surface area contributed by atoms with E-state index < -0.39 is 18.6 Å². The maximum atomic E-state index is 13.1. The number of nitrogens with zero attached hydrogens (tertiary/aromatic N) is 1. The van der Waals surface area contributed by atoms with Crippen LogP contribution in [-0.2, 0) is 11.0 Å². The standard InChI is InChI=1S/C20H20FN2O5PS/c1-12(2)28-16-9-14(7-13-3-5-17(6-4-13)29(25,26)27)8-15(10-16)19(24)23-20-22-11-18(21)30-20/h3-6,8-12H,7H2,1-2H3,(H,22,23,24)(H2,25,26,27). The Morgan fingerprint density at radius 3 is 2.47 bits per heavy atom. The van der Waals surface area contributed by atoms with Gasteiger partial charge >= 0.3 is 7.60 Å². The molecule has 3 aromatic rings. The average Bonchev–Trinajstić information content (AvgIpc) is 3.05. The van der Waals surface area contributed by atoms with Gasteiger partial charge in [0, 0.05) is 5.56 Å². The molecule has 0 saturated heterocycles. The predicted octanol–water partition coefficient (Wildman–Crippen LogP) is 3.72. The molecule has 1 aromatic heterocycles. The second-order valence-corrected chi connectivity index (χ2v) is 9.43. The van der Waals surface area contributed by atoms with Crippen molar-refractivity contribution in [1.29, 1.82) is 0 Å². The zero-order chi connectivity index (χ0) is 21.9. The molecule has 0 aliphatic carbocycles. The molecule has 0 radical (unpaired) electrons. The number of carbonyl (C=O) groups excluding carboxylic acids is 1. The van der Waals surface area contributed by atoms with Gasteiger partial charge in [-0.1, -0.05) is 23.5 Å². The Kier molecular flexibility index (Phi) is 6.67. The fourth-order valence-electron chi connectivity index (χ4n) is 2.76. The summed E-state index contributed by atoms with van der Waals surface area (Å²) in [7, 11) is -4.30. The molecule has 0 aliphatic rings. The lowest BCUT2D eigenvalue weighted by Gasteiger charge is -2.14. The van der Waals surface area contributed by atoms with Gasteiger partial charge in [-0.05, 0) is 61.7 Å². The zero-order valence-corrected chi connectivity index (χ0v) is 17.9. The van der Waals surface area contributed by atoms with Crippen molar-refractivity contribution in [2.45, 2.75) is 26.4 Å². The molecule has 0 saturated carbocycles. The van der Waals surface area contributed by atoms with E-state index in [2.05, 4.69) is 10.3 Å². The highest BCUT2D eigenvalue weighted by Gasteiger charge is 2.17.